The van der Waals surface area contributed by atoms with E-state index in [-0.39, 0.29) is 12.4 Å². The predicted molar refractivity (Wildman–Crippen MR) is 41.4 cm³/mol. The molecule has 0 aromatic rings. The normalized spacial score (nSPS) is 37.4. The topological polar surface area (TPSA) is 29.1 Å². The van der Waals surface area contributed by atoms with Crippen LogP contribution in [0.5, 0.6) is 0 Å². The summed E-state index contributed by atoms with van der Waals surface area (Å²) < 4.78 is 0. The smallest absolute Gasteiger partial charge is 0.134 e. The van der Waals surface area contributed by atoms with Gasteiger partial charge in [-0.1, -0.05) is 0 Å². The van der Waals surface area contributed by atoms with Gasteiger partial charge in [0.15, 0.2) is 0 Å². The lowest BCUT2D eigenvalue weighted by atomic mass is 9.90. The third-order valence-corrected chi connectivity index (χ3v) is 2.30. The van der Waals surface area contributed by atoms with Crippen LogP contribution in [-0.2, 0) is 4.79 Å². The van der Waals surface area contributed by atoms with Crippen molar-refractivity contribution in [3.05, 3.63) is 0 Å². The first-order chi connectivity index (χ1) is 4.34. The van der Waals surface area contributed by atoms with Crippen molar-refractivity contribution in [2.75, 3.05) is 6.54 Å². The first-order valence-electron chi connectivity index (χ1n) is 3.59. The van der Waals surface area contributed by atoms with Gasteiger partial charge in [-0.05, 0) is 18.9 Å². The maximum absolute atomic E-state index is 10.9. The average Bonchev–Trinajstić information content (AvgIpc) is 2.11. The van der Waals surface area contributed by atoms with Gasteiger partial charge < -0.3 is 5.32 Å². The second-order valence-electron chi connectivity index (χ2n) is 3.15. The van der Waals surface area contributed by atoms with Crippen molar-refractivity contribution < 1.29 is 4.79 Å². The van der Waals surface area contributed by atoms with E-state index in [1.807, 2.05) is 0 Å². The van der Waals surface area contributed by atoms with E-state index < -0.39 is 0 Å². The van der Waals surface area contributed by atoms with Crippen LogP contribution in [0.2, 0.25) is 0 Å². The van der Waals surface area contributed by atoms with Gasteiger partial charge >= 0.3 is 0 Å². The minimum atomic E-state index is 0. The van der Waals surface area contributed by atoms with Crippen LogP contribution >= 0.6 is 12.4 Å². The summed E-state index contributed by atoms with van der Waals surface area (Å²) in [5.41, 5.74) is 0. The Morgan fingerprint density at radius 1 is 1.40 bits per heavy atom. The molecule has 58 valence electrons. The van der Waals surface area contributed by atoms with Crippen LogP contribution in [-0.4, -0.2) is 18.4 Å². The molecule has 2 aliphatic rings. The first kappa shape index (κ1) is 8.02. The summed E-state index contributed by atoms with van der Waals surface area (Å²) in [6, 6.07) is 0.538. The van der Waals surface area contributed by atoms with Gasteiger partial charge in [0.1, 0.15) is 5.78 Å². The molecule has 0 aromatic heterocycles. The van der Waals surface area contributed by atoms with Crippen molar-refractivity contribution in [2.45, 2.75) is 25.3 Å². The Kier molecular flexibility index (Phi) is 2.32. The minimum absolute atomic E-state index is 0. The lowest BCUT2D eigenvalue weighted by Crippen LogP contribution is -2.24. The summed E-state index contributed by atoms with van der Waals surface area (Å²) in [6.45, 7) is 1.08. The highest BCUT2D eigenvalue weighted by molar-refractivity contribution is 5.85. The Bertz CT molecular complexity index is 135. The standard InChI is InChI=1S/C7H11NO.ClH/c9-7-2-5-1-6(3-7)8-4-5;/h5-6,8H,1-4H2;1H. The number of hydrogen-bond donors (Lipinski definition) is 1. The molecule has 2 rings (SSSR count). The molecule has 0 aromatic carbocycles. The van der Waals surface area contributed by atoms with Crippen molar-refractivity contribution in [1.29, 1.82) is 0 Å². The summed E-state index contributed by atoms with van der Waals surface area (Å²) in [4.78, 5) is 10.9. The zero-order chi connectivity index (χ0) is 6.27. The molecule has 1 heterocycles. The molecule has 1 aliphatic heterocycles. The molecule has 2 bridgehead atoms. The maximum atomic E-state index is 10.9. The maximum Gasteiger partial charge on any atom is 0.134 e. The van der Waals surface area contributed by atoms with E-state index >= 15 is 0 Å². The van der Waals surface area contributed by atoms with E-state index in [2.05, 4.69) is 5.32 Å². The van der Waals surface area contributed by atoms with Crippen molar-refractivity contribution in [2.24, 2.45) is 5.92 Å². The van der Waals surface area contributed by atoms with Gasteiger partial charge in [-0.15, -0.1) is 12.4 Å². The molecule has 3 heteroatoms. The number of rotatable bonds is 0. The number of carbonyl (C=O) groups is 1. The predicted octanol–water partition coefficient (Wildman–Crippen LogP) is 0.749. The van der Waals surface area contributed by atoms with Gasteiger partial charge in [0, 0.05) is 18.9 Å². The van der Waals surface area contributed by atoms with E-state index in [0.717, 1.165) is 19.4 Å². The Balaban J connectivity index is 0.000000500. The number of hydrogen-bond acceptors (Lipinski definition) is 2. The molecular formula is C7H12ClNO. The second-order valence-corrected chi connectivity index (χ2v) is 3.15. The summed E-state index contributed by atoms with van der Waals surface area (Å²) in [5.74, 6) is 1.14. The molecule has 2 atom stereocenters. The minimum Gasteiger partial charge on any atom is -0.313 e. The van der Waals surface area contributed by atoms with E-state index in [4.69, 9.17) is 0 Å². The lowest BCUT2D eigenvalue weighted by Gasteiger charge is -2.14. The number of Topliss-reactive ketones (excluding diaryl/α,β-unsaturated/α-hetero) is 1. The van der Waals surface area contributed by atoms with Crippen molar-refractivity contribution >= 4 is 18.2 Å². The van der Waals surface area contributed by atoms with Crippen LogP contribution in [0.3, 0.4) is 0 Å². The Hall–Kier alpha value is -0.0800. The summed E-state index contributed by atoms with van der Waals surface area (Å²) >= 11 is 0. The second kappa shape index (κ2) is 2.89. The number of carbonyl (C=O) groups excluding carboxylic acids is 1. The fourth-order valence-electron chi connectivity index (χ4n) is 1.89. The van der Waals surface area contributed by atoms with Crippen molar-refractivity contribution in [1.82, 2.24) is 5.32 Å². The molecule has 0 amide bonds. The van der Waals surface area contributed by atoms with Crippen LogP contribution in [0, 0.1) is 5.92 Å². The molecule has 1 aliphatic carbocycles. The van der Waals surface area contributed by atoms with E-state index in [1.54, 1.807) is 0 Å². The van der Waals surface area contributed by atoms with Crippen LogP contribution in [0.4, 0.5) is 0 Å². The fraction of sp³-hybridized carbons (Fsp3) is 0.857. The molecule has 1 saturated carbocycles. The van der Waals surface area contributed by atoms with Gasteiger partial charge in [-0.2, -0.15) is 0 Å². The first-order valence-corrected chi connectivity index (χ1v) is 3.59. The lowest BCUT2D eigenvalue weighted by molar-refractivity contribution is -0.121. The summed E-state index contributed by atoms with van der Waals surface area (Å²) in [7, 11) is 0. The molecule has 1 N–H and O–H groups in total. The van der Waals surface area contributed by atoms with Gasteiger partial charge in [0.25, 0.3) is 0 Å². The Morgan fingerprint density at radius 3 is 2.90 bits per heavy atom. The number of halogens is 1. The Labute approximate surface area is 66.8 Å². The molecule has 10 heavy (non-hydrogen) atoms. The van der Waals surface area contributed by atoms with E-state index in [1.165, 1.54) is 6.42 Å². The fourth-order valence-corrected chi connectivity index (χ4v) is 1.89. The van der Waals surface area contributed by atoms with Gasteiger partial charge in [-0.3, -0.25) is 4.79 Å². The molecule has 0 radical (unpaired) electrons. The highest BCUT2D eigenvalue weighted by Gasteiger charge is 2.32. The monoisotopic (exact) mass is 161 g/mol. The van der Waals surface area contributed by atoms with E-state index in [0.29, 0.717) is 17.7 Å². The van der Waals surface area contributed by atoms with Crippen LogP contribution in [0.1, 0.15) is 19.3 Å². The molecule has 2 nitrogen and oxygen atoms in total. The SMILES string of the molecule is Cl.O=C1CC2CNC(C1)C2. The van der Waals surface area contributed by atoms with Crippen LogP contribution in [0.15, 0.2) is 0 Å². The zero-order valence-corrected chi connectivity index (χ0v) is 6.62. The molecular weight excluding hydrogens is 150 g/mol. The number of nitrogens with one attached hydrogen (secondary N) is 1. The highest BCUT2D eigenvalue weighted by atomic mass is 35.5. The van der Waals surface area contributed by atoms with Crippen LogP contribution < -0.4 is 5.32 Å². The quantitative estimate of drug-likeness (QED) is 0.568. The third kappa shape index (κ3) is 1.32. The van der Waals surface area contributed by atoms with Crippen LogP contribution in [0.25, 0.3) is 0 Å². The number of fused-ring (bicyclic) bond motifs is 2. The molecule has 1 saturated heterocycles. The third-order valence-electron chi connectivity index (χ3n) is 2.30. The number of ketones is 1. The average molecular weight is 162 g/mol. The molecule has 0 spiro atoms. The van der Waals surface area contributed by atoms with Crippen molar-refractivity contribution in [3.8, 4) is 0 Å². The van der Waals surface area contributed by atoms with E-state index in [9.17, 15) is 4.79 Å². The summed E-state index contributed by atoms with van der Waals surface area (Å²) in [6.07, 6.45) is 2.87. The largest absolute Gasteiger partial charge is 0.313 e. The van der Waals surface area contributed by atoms with Gasteiger partial charge in [0.2, 0.25) is 0 Å². The van der Waals surface area contributed by atoms with Gasteiger partial charge in [0.05, 0.1) is 0 Å². The zero-order valence-electron chi connectivity index (χ0n) is 5.80. The highest BCUT2D eigenvalue weighted by Crippen LogP contribution is 2.26. The summed E-state index contributed by atoms with van der Waals surface area (Å²) in [5, 5.41) is 3.33. The molecule has 2 unspecified atom stereocenters. The molecule has 2 fully saturated rings. The Morgan fingerprint density at radius 2 is 2.20 bits per heavy atom. The van der Waals surface area contributed by atoms with Crippen molar-refractivity contribution in [3.63, 3.8) is 0 Å². The van der Waals surface area contributed by atoms with Gasteiger partial charge in [-0.25, -0.2) is 0 Å².